The summed E-state index contributed by atoms with van der Waals surface area (Å²) in [5, 5.41) is 11.5. The number of aliphatic hydroxyl groups is 1. The molecule has 0 bridgehead atoms. The first kappa shape index (κ1) is 19.9. The number of β-amino-alcohol motifs (C(OH)–C–C–N with tert-alkyl or cyclic N) is 1. The molecule has 0 radical (unpaired) electrons. The largest absolute Gasteiger partial charge is 0.491 e. The SMILES string of the molecule is C=CCc1ccccc1OCC(O)CN1c2ccccc2Sc2ccc(Cl)cc21. The number of hydrogen-bond donors (Lipinski definition) is 1. The van der Waals surface area contributed by atoms with Crippen LogP contribution in [-0.2, 0) is 6.42 Å². The summed E-state index contributed by atoms with van der Waals surface area (Å²) in [7, 11) is 0. The number of allylic oxidation sites excluding steroid dienone is 1. The number of anilines is 2. The maximum Gasteiger partial charge on any atom is 0.122 e. The minimum Gasteiger partial charge on any atom is -0.491 e. The normalized spacial score (nSPS) is 13.4. The van der Waals surface area contributed by atoms with Crippen LogP contribution in [0, 0.1) is 0 Å². The minimum atomic E-state index is -0.672. The number of fused-ring (bicyclic) bond motifs is 2. The summed E-state index contributed by atoms with van der Waals surface area (Å²) in [6, 6.07) is 21.9. The van der Waals surface area contributed by atoms with Crippen LogP contribution in [0.4, 0.5) is 11.4 Å². The lowest BCUT2D eigenvalue weighted by molar-refractivity contribution is 0.113. The fourth-order valence-electron chi connectivity index (χ4n) is 3.42. The van der Waals surface area contributed by atoms with Gasteiger partial charge in [-0.1, -0.05) is 59.8 Å². The molecule has 1 heterocycles. The number of aliphatic hydroxyl groups excluding tert-OH is 1. The second-order valence-electron chi connectivity index (χ2n) is 6.86. The van der Waals surface area contributed by atoms with E-state index in [-0.39, 0.29) is 6.61 Å². The maximum atomic E-state index is 10.8. The van der Waals surface area contributed by atoms with E-state index in [1.54, 1.807) is 11.8 Å². The lowest BCUT2D eigenvalue weighted by Gasteiger charge is -2.34. The molecule has 0 amide bonds. The Hall–Kier alpha value is -2.40. The zero-order chi connectivity index (χ0) is 20.2. The van der Waals surface area contributed by atoms with Crippen LogP contribution in [0.2, 0.25) is 5.02 Å². The van der Waals surface area contributed by atoms with E-state index < -0.39 is 6.10 Å². The highest BCUT2D eigenvalue weighted by molar-refractivity contribution is 7.99. The Morgan fingerprint density at radius 1 is 1.03 bits per heavy atom. The van der Waals surface area contributed by atoms with Gasteiger partial charge in [-0.05, 0) is 48.4 Å². The van der Waals surface area contributed by atoms with Crippen LogP contribution in [0.3, 0.4) is 0 Å². The molecule has 0 aromatic heterocycles. The zero-order valence-corrected chi connectivity index (χ0v) is 17.5. The predicted molar refractivity (Wildman–Crippen MR) is 121 cm³/mol. The molecule has 3 aromatic rings. The van der Waals surface area contributed by atoms with Gasteiger partial charge in [0, 0.05) is 14.8 Å². The van der Waals surface area contributed by atoms with Crippen LogP contribution < -0.4 is 9.64 Å². The van der Waals surface area contributed by atoms with Crippen molar-refractivity contribution in [3.05, 3.63) is 90.0 Å². The average Bonchev–Trinajstić information content (AvgIpc) is 2.73. The van der Waals surface area contributed by atoms with Gasteiger partial charge in [0.05, 0.1) is 17.9 Å². The fourth-order valence-corrected chi connectivity index (χ4v) is 4.66. The Morgan fingerprint density at radius 3 is 2.66 bits per heavy atom. The van der Waals surface area contributed by atoms with E-state index >= 15 is 0 Å². The number of nitrogens with zero attached hydrogens (tertiary/aromatic N) is 1. The molecule has 0 spiro atoms. The molecule has 148 valence electrons. The molecule has 5 heteroatoms. The third-order valence-corrected chi connectivity index (χ3v) is 6.11. The molecule has 3 nitrogen and oxygen atoms in total. The topological polar surface area (TPSA) is 32.7 Å². The Bertz CT molecular complexity index is 1020. The summed E-state index contributed by atoms with van der Waals surface area (Å²) in [5.41, 5.74) is 3.14. The molecule has 0 aliphatic carbocycles. The highest BCUT2D eigenvalue weighted by atomic mass is 35.5. The number of halogens is 1. The molecule has 29 heavy (non-hydrogen) atoms. The van der Waals surface area contributed by atoms with Crippen molar-refractivity contribution < 1.29 is 9.84 Å². The Kier molecular flexibility index (Phi) is 6.14. The fraction of sp³-hybridized carbons (Fsp3) is 0.167. The number of benzene rings is 3. The quantitative estimate of drug-likeness (QED) is 0.464. The Labute approximate surface area is 180 Å². The van der Waals surface area contributed by atoms with Gasteiger partial charge < -0.3 is 14.7 Å². The van der Waals surface area contributed by atoms with E-state index in [4.69, 9.17) is 16.3 Å². The lowest BCUT2D eigenvalue weighted by atomic mass is 10.1. The average molecular weight is 424 g/mol. The van der Waals surface area contributed by atoms with Crippen molar-refractivity contribution in [3.63, 3.8) is 0 Å². The van der Waals surface area contributed by atoms with Gasteiger partial charge in [0.1, 0.15) is 18.5 Å². The molecule has 4 rings (SSSR count). The van der Waals surface area contributed by atoms with Crippen LogP contribution in [0.15, 0.2) is 89.2 Å². The van der Waals surface area contributed by atoms with E-state index in [0.717, 1.165) is 38.9 Å². The van der Waals surface area contributed by atoms with E-state index in [2.05, 4.69) is 23.6 Å². The molecule has 3 aromatic carbocycles. The van der Waals surface area contributed by atoms with Crippen molar-refractivity contribution in [2.45, 2.75) is 22.3 Å². The van der Waals surface area contributed by atoms with Crippen LogP contribution >= 0.6 is 23.4 Å². The molecule has 1 aliphatic heterocycles. The monoisotopic (exact) mass is 423 g/mol. The number of rotatable bonds is 7. The lowest BCUT2D eigenvalue weighted by Crippen LogP contribution is -2.34. The summed E-state index contributed by atoms with van der Waals surface area (Å²) in [5.74, 6) is 0.782. The summed E-state index contributed by atoms with van der Waals surface area (Å²) in [4.78, 5) is 4.40. The third-order valence-electron chi connectivity index (χ3n) is 4.75. The van der Waals surface area contributed by atoms with Crippen LogP contribution in [-0.4, -0.2) is 24.4 Å². The number of ether oxygens (including phenoxy) is 1. The van der Waals surface area contributed by atoms with E-state index in [9.17, 15) is 5.11 Å². The summed E-state index contributed by atoms with van der Waals surface area (Å²) in [6.07, 6.45) is 1.91. The minimum absolute atomic E-state index is 0.204. The summed E-state index contributed by atoms with van der Waals surface area (Å²) < 4.78 is 5.94. The van der Waals surface area contributed by atoms with Gasteiger partial charge in [-0.25, -0.2) is 0 Å². The van der Waals surface area contributed by atoms with Gasteiger partial charge in [-0.2, -0.15) is 0 Å². The Balaban J connectivity index is 1.53. The first-order valence-electron chi connectivity index (χ1n) is 9.49. The molecule has 1 atom stereocenters. The van der Waals surface area contributed by atoms with Crippen molar-refractivity contribution >= 4 is 34.7 Å². The van der Waals surface area contributed by atoms with Gasteiger partial charge in [0.25, 0.3) is 0 Å². The van der Waals surface area contributed by atoms with Gasteiger partial charge in [0.15, 0.2) is 0 Å². The zero-order valence-electron chi connectivity index (χ0n) is 15.9. The molecular weight excluding hydrogens is 402 g/mol. The first-order chi connectivity index (χ1) is 14.2. The number of para-hydroxylation sites is 2. The van der Waals surface area contributed by atoms with Gasteiger partial charge in [0.2, 0.25) is 0 Å². The molecule has 1 unspecified atom stereocenters. The number of hydrogen-bond acceptors (Lipinski definition) is 4. The highest BCUT2D eigenvalue weighted by Crippen LogP contribution is 2.48. The summed E-state index contributed by atoms with van der Waals surface area (Å²) in [6.45, 7) is 4.41. The molecule has 1 aliphatic rings. The molecule has 0 saturated heterocycles. The third kappa shape index (κ3) is 4.45. The second kappa shape index (κ2) is 8.95. The first-order valence-corrected chi connectivity index (χ1v) is 10.7. The van der Waals surface area contributed by atoms with E-state index in [1.165, 1.54) is 0 Å². The molecule has 0 fully saturated rings. The standard InChI is InChI=1S/C24H22ClNO2S/c1-2-7-17-8-3-5-10-22(17)28-16-19(27)15-26-20-9-4-6-11-23(20)29-24-13-12-18(25)14-21(24)26/h2-6,8-14,19,27H,1,7,15-16H2. The van der Waals surface area contributed by atoms with Crippen LogP contribution in [0.25, 0.3) is 0 Å². The molecular formula is C24H22ClNO2S. The van der Waals surface area contributed by atoms with Crippen LogP contribution in [0.1, 0.15) is 5.56 Å². The molecule has 0 saturated carbocycles. The predicted octanol–water partition coefficient (Wildman–Crippen LogP) is 6.11. The highest BCUT2D eigenvalue weighted by Gasteiger charge is 2.25. The van der Waals surface area contributed by atoms with Crippen molar-refractivity contribution in [1.82, 2.24) is 0 Å². The summed E-state index contributed by atoms with van der Waals surface area (Å²) >= 11 is 7.98. The van der Waals surface area contributed by atoms with Crippen molar-refractivity contribution in [2.75, 3.05) is 18.1 Å². The smallest absolute Gasteiger partial charge is 0.122 e. The van der Waals surface area contributed by atoms with Crippen molar-refractivity contribution in [1.29, 1.82) is 0 Å². The van der Waals surface area contributed by atoms with E-state index in [0.29, 0.717) is 11.6 Å². The van der Waals surface area contributed by atoms with Gasteiger partial charge in [-0.3, -0.25) is 0 Å². The van der Waals surface area contributed by atoms with Crippen molar-refractivity contribution in [3.8, 4) is 5.75 Å². The molecule has 1 N–H and O–H groups in total. The van der Waals surface area contributed by atoms with Gasteiger partial charge >= 0.3 is 0 Å². The van der Waals surface area contributed by atoms with Gasteiger partial charge in [-0.15, -0.1) is 6.58 Å². The van der Waals surface area contributed by atoms with Crippen LogP contribution in [0.5, 0.6) is 5.75 Å². The second-order valence-corrected chi connectivity index (χ2v) is 8.38. The maximum absolute atomic E-state index is 10.8. The van der Waals surface area contributed by atoms with Crippen molar-refractivity contribution in [2.24, 2.45) is 0 Å². The Morgan fingerprint density at radius 2 is 1.79 bits per heavy atom. The van der Waals surface area contributed by atoms with E-state index in [1.807, 2.05) is 60.7 Å².